The van der Waals surface area contributed by atoms with Gasteiger partial charge in [0, 0.05) is 5.02 Å². The van der Waals surface area contributed by atoms with Crippen LogP contribution in [0.5, 0.6) is 0 Å². The van der Waals surface area contributed by atoms with Crippen LogP contribution in [0.25, 0.3) is 0 Å². The van der Waals surface area contributed by atoms with Gasteiger partial charge in [-0.3, -0.25) is 0 Å². The zero-order valence-corrected chi connectivity index (χ0v) is 9.62. The Bertz CT molecular complexity index is 439. The van der Waals surface area contributed by atoms with Crippen molar-refractivity contribution in [2.75, 3.05) is 12.9 Å². The molecule has 0 spiro atoms. The zero-order chi connectivity index (χ0) is 11.3. The molecule has 0 bridgehead atoms. The van der Waals surface area contributed by atoms with Crippen LogP contribution < -0.4 is 0 Å². The lowest BCUT2D eigenvalue weighted by molar-refractivity contribution is 0.215. The second kappa shape index (κ2) is 5.14. The molecule has 0 aromatic heterocycles. The fraction of sp³-hybridized carbons (Fsp3) is 0.222. The van der Waals surface area contributed by atoms with Gasteiger partial charge in [0.15, 0.2) is 9.84 Å². The molecule has 0 unspecified atom stereocenters. The summed E-state index contributed by atoms with van der Waals surface area (Å²) in [7, 11) is -1.98. The molecule has 0 saturated heterocycles. The first-order chi connectivity index (χ1) is 7.06. The SMILES string of the molecule is CO/N=C/CS(=O)(=O)c1ccc(Cl)cc1. The number of sulfone groups is 1. The van der Waals surface area contributed by atoms with Gasteiger partial charge >= 0.3 is 0 Å². The molecule has 0 fully saturated rings. The molecular weight excluding hydrogens is 238 g/mol. The summed E-state index contributed by atoms with van der Waals surface area (Å²) in [4.78, 5) is 4.59. The molecule has 1 aromatic carbocycles. The van der Waals surface area contributed by atoms with Crippen LogP contribution >= 0.6 is 11.6 Å². The first-order valence-corrected chi connectivity index (χ1v) is 6.12. The summed E-state index contributed by atoms with van der Waals surface area (Å²) >= 11 is 5.65. The maximum Gasteiger partial charge on any atom is 0.183 e. The van der Waals surface area contributed by atoms with E-state index < -0.39 is 9.84 Å². The fourth-order valence-electron chi connectivity index (χ4n) is 0.941. The normalized spacial score (nSPS) is 11.9. The van der Waals surface area contributed by atoms with Crippen LogP contribution in [-0.2, 0) is 14.7 Å². The van der Waals surface area contributed by atoms with Crippen LogP contribution in [0.3, 0.4) is 0 Å². The Hall–Kier alpha value is -1.07. The topological polar surface area (TPSA) is 55.7 Å². The molecule has 82 valence electrons. The van der Waals surface area contributed by atoms with Crippen molar-refractivity contribution in [1.82, 2.24) is 0 Å². The highest BCUT2D eigenvalue weighted by Crippen LogP contribution is 2.14. The summed E-state index contributed by atoms with van der Waals surface area (Å²) in [5.74, 6) is -0.192. The van der Waals surface area contributed by atoms with E-state index in [1.807, 2.05) is 0 Å². The first kappa shape index (κ1) is 12.0. The highest BCUT2D eigenvalue weighted by atomic mass is 35.5. The summed E-state index contributed by atoms with van der Waals surface area (Å²) in [5.41, 5.74) is 0. The van der Waals surface area contributed by atoms with Crippen LogP contribution in [0, 0.1) is 0 Å². The first-order valence-electron chi connectivity index (χ1n) is 4.09. The molecule has 1 aromatic rings. The lowest BCUT2D eigenvalue weighted by Gasteiger charge is -2.00. The van der Waals surface area contributed by atoms with Gasteiger partial charge in [0.2, 0.25) is 0 Å². The Morgan fingerprint density at radius 1 is 1.40 bits per heavy atom. The average Bonchev–Trinajstić information content (AvgIpc) is 2.18. The smallest absolute Gasteiger partial charge is 0.183 e. The third kappa shape index (κ3) is 3.53. The highest BCUT2D eigenvalue weighted by molar-refractivity contribution is 7.92. The van der Waals surface area contributed by atoms with Crippen LogP contribution in [-0.4, -0.2) is 27.5 Å². The molecule has 6 heteroatoms. The lowest BCUT2D eigenvalue weighted by atomic mass is 10.4. The van der Waals surface area contributed by atoms with E-state index in [1.54, 1.807) is 0 Å². The lowest BCUT2D eigenvalue weighted by Crippen LogP contribution is -2.07. The van der Waals surface area contributed by atoms with Gasteiger partial charge in [-0.15, -0.1) is 0 Å². The third-order valence-electron chi connectivity index (χ3n) is 1.65. The quantitative estimate of drug-likeness (QED) is 0.602. The molecule has 0 heterocycles. The number of benzene rings is 1. The van der Waals surface area contributed by atoms with Crippen LogP contribution in [0.15, 0.2) is 34.3 Å². The van der Waals surface area contributed by atoms with Gasteiger partial charge in [0.1, 0.15) is 7.11 Å². The van der Waals surface area contributed by atoms with Gasteiger partial charge in [-0.25, -0.2) is 8.42 Å². The molecule has 0 saturated carbocycles. The number of hydrogen-bond donors (Lipinski definition) is 0. The summed E-state index contributed by atoms with van der Waals surface area (Å²) in [5, 5.41) is 3.87. The van der Waals surface area contributed by atoms with Gasteiger partial charge in [-0.2, -0.15) is 0 Å². The molecule has 0 aliphatic heterocycles. The van der Waals surface area contributed by atoms with E-state index in [4.69, 9.17) is 11.6 Å². The molecule has 0 aliphatic rings. The van der Waals surface area contributed by atoms with Gasteiger partial charge in [-0.05, 0) is 24.3 Å². The van der Waals surface area contributed by atoms with Crippen molar-refractivity contribution >= 4 is 27.7 Å². The molecule has 4 nitrogen and oxygen atoms in total. The number of nitrogens with zero attached hydrogens (tertiary/aromatic N) is 1. The standard InChI is InChI=1S/C9H10ClNO3S/c1-14-11-6-7-15(12,13)9-4-2-8(10)3-5-9/h2-6H,7H2,1H3/b11-6+. The number of rotatable bonds is 4. The van der Waals surface area contributed by atoms with E-state index in [1.165, 1.54) is 37.6 Å². The third-order valence-corrected chi connectivity index (χ3v) is 3.48. The Morgan fingerprint density at radius 2 is 2.00 bits per heavy atom. The summed E-state index contributed by atoms with van der Waals surface area (Å²) in [6.45, 7) is 0. The predicted octanol–water partition coefficient (Wildman–Crippen LogP) is 1.75. The predicted molar refractivity (Wildman–Crippen MR) is 59.0 cm³/mol. The zero-order valence-electron chi connectivity index (χ0n) is 8.05. The number of halogens is 1. The van der Waals surface area contributed by atoms with E-state index in [0.717, 1.165) is 0 Å². The van der Waals surface area contributed by atoms with E-state index in [0.29, 0.717) is 5.02 Å². The van der Waals surface area contributed by atoms with Crippen molar-refractivity contribution in [2.24, 2.45) is 5.16 Å². The Kier molecular flexibility index (Phi) is 4.11. The monoisotopic (exact) mass is 247 g/mol. The van der Waals surface area contributed by atoms with E-state index in [-0.39, 0.29) is 10.6 Å². The largest absolute Gasteiger partial charge is 0.399 e. The van der Waals surface area contributed by atoms with Crippen molar-refractivity contribution in [1.29, 1.82) is 0 Å². The van der Waals surface area contributed by atoms with E-state index >= 15 is 0 Å². The fourth-order valence-corrected chi connectivity index (χ4v) is 2.07. The molecular formula is C9H10ClNO3S. The molecule has 15 heavy (non-hydrogen) atoms. The molecule has 0 N–H and O–H groups in total. The maximum atomic E-state index is 11.6. The minimum absolute atomic E-state index is 0.192. The minimum atomic E-state index is -3.34. The Labute approximate surface area is 93.4 Å². The van der Waals surface area contributed by atoms with Crippen molar-refractivity contribution in [3.05, 3.63) is 29.3 Å². The van der Waals surface area contributed by atoms with E-state index in [2.05, 4.69) is 9.99 Å². The molecule has 0 amide bonds. The number of oxime groups is 1. The van der Waals surface area contributed by atoms with Crippen LogP contribution in [0.2, 0.25) is 5.02 Å². The van der Waals surface area contributed by atoms with Crippen molar-refractivity contribution in [2.45, 2.75) is 4.90 Å². The summed E-state index contributed by atoms with van der Waals surface area (Å²) in [6, 6.07) is 5.97. The minimum Gasteiger partial charge on any atom is -0.399 e. The number of hydrogen-bond acceptors (Lipinski definition) is 4. The van der Waals surface area contributed by atoms with Gasteiger partial charge < -0.3 is 4.84 Å². The second-order valence-corrected chi connectivity index (χ2v) is 5.18. The van der Waals surface area contributed by atoms with Crippen LogP contribution in [0.1, 0.15) is 0 Å². The molecule has 0 atom stereocenters. The maximum absolute atomic E-state index is 11.6. The summed E-state index contributed by atoms with van der Waals surface area (Å²) < 4.78 is 23.3. The Morgan fingerprint density at radius 3 is 2.53 bits per heavy atom. The molecule has 0 radical (unpaired) electrons. The van der Waals surface area contributed by atoms with E-state index in [9.17, 15) is 8.42 Å². The molecule has 1 rings (SSSR count). The van der Waals surface area contributed by atoms with Gasteiger partial charge in [-0.1, -0.05) is 16.8 Å². The van der Waals surface area contributed by atoms with Crippen molar-refractivity contribution in [3.8, 4) is 0 Å². The van der Waals surface area contributed by atoms with Gasteiger partial charge in [0.25, 0.3) is 0 Å². The van der Waals surface area contributed by atoms with Crippen molar-refractivity contribution < 1.29 is 13.3 Å². The second-order valence-electron chi connectivity index (χ2n) is 2.71. The Balaban J connectivity index is 2.87. The van der Waals surface area contributed by atoms with Crippen LogP contribution in [0.4, 0.5) is 0 Å². The molecule has 0 aliphatic carbocycles. The average molecular weight is 248 g/mol. The van der Waals surface area contributed by atoms with Gasteiger partial charge in [0.05, 0.1) is 16.9 Å². The highest BCUT2D eigenvalue weighted by Gasteiger charge is 2.12. The van der Waals surface area contributed by atoms with Crippen molar-refractivity contribution in [3.63, 3.8) is 0 Å². The summed E-state index contributed by atoms with van der Waals surface area (Å²) in [6.07, 6.45) is 1.20.